The second-order valence-electron chi connectivity index (χ2n) is 3.59. The number of H-pyrrole nitrogens is 1. The minimum atomic E-state index is -3.42. The van der Waals surface area contributed by atoms with Gasteiger partial charge in [-0.1, -0.05) is 5.16 Å². The molecule has 2 N–H and O–H groups in total. The van der Waals surface area contributed by atoms with Gasteiger partial charge in [-0.2, -0.15) is 5.10 Å². The van der Waals surface area contributed by atoms with Gasteiger partial charge in [0.15, 0.2) is 0 Å². The summed E-state index contributed by atoms with van der Waals surface area (Å²) in [6, 6.07) is 3.29. The number of sulfonamides is 1. The molecule has 2 rings (SSSR count). The van der Waals surface area contributed by atoms with E-state index in [1.807, 2.05) is 0 Å². The topological polar surface area (TPSA) is 101 Å². The molecular formula is C9H12N4O3S. The Labute approximate surface area is 98.3 Å². The van der Waals surface area contributed by atoms with Gasteiger partial charge in [-0.25, -0.2) is 13.1 Å². The average molecular weight is 256 g/mol. The average Bonchev–Trinajstić information content (AvgIpc) is 2.86. The molecule has 2 heterocycles. The summed E-state index contributed by atoms with van der Waals surface area (Å²) in [4.78, 5) is 0. The summed E-state index contributed by atoms with van der Waals surface area (Å²) in [5.74, 6) is 0.391. The van der Waals surface area contributed by atoms with Gasteiger partial charge in [-0.15, -0.1) is 0 Å². The third-order valence-electron chi connectivity index (χ3n) is 2.06. The van der Waals surface area contributed by atoms with E-state index < -0.39 is 10.0 Å². The van der Waals surface area contributed by atoms with E-state index in [2.05, 4.69) is 20.1 Å². The second-order valence-corrected chi connectivity index (χ2v) is 5.40. The third kappa shape index (κ3) is 3.40. The van der Waals surface area contributed by atoms with Gasteiger partial charge in [-0.3, -0.25) is 5.10 Å². The normalized spacial score (nSPS) is 11.8. The van der Waals surface area contributed by atoms with Gasteiger partial charge < -0.3 is 4.52 Å². The van der Waals surface area contributed by atoms with Crippen LogP contribution in [0.2, 0.25) is 0 Å². The Morgan fingerprint density at radius 2 is 2.35 bits per heavy atom. The lowest BCUT2D eigenvalue weighted by molar-refractivity contribution is 0.392. The van der Waals surface area contributed by atoms with Gasteiger partial charge in [0.25, 0.3) is 0 Å². The molecule has 2 aromatic rings. The van der Waals surface area contributed by atoms with E-state index in [1.54, 1.807) is 25.3 Å². The van der Waals surface area contributed by atoms with Crippen molar-refractivity contribution >= 4 is 10.0 Å². The zero-order chi connectivity index (χ0) is 12.3. The molecule has 0 aromatic carbocycles. The Kier molecular flexibility index (Phi) is 3.25. The summed E-state index contributed by atoms with van der Waals surface area (Å²) < 4.78 is 30.6. The van der Waals surface area contributed by atoms with E-state index in [0.29, 0.717) is 17.1 Å². The second kappa shape index (κ2) is 4.68. The number of aromatic amines is 1. The van der Waals surface area contributed by atoms with Crippen LogP contribution in [0.25, 0.3) is 0 Å². The summed E-state index contributed by atoms with van der Waals surface area (Å²) in [6.07, 6.45) is 1.56. The van der Waals surface area contributed by atoms with Crippen molar-refractivity contribution in [2.24, 2.45) is 0 Å². The molecule has 0 radical (unpaired) electrons. The first-order valence-electron chi connectivity index (χ1n) is 4.93. The maximum atomic E-state index is 11.7. The van der Waals surface area contributed by atoms with Crippen molar-refractivity contribution in [1.29, 1.82) is 0 Å². The van der Waals surface area contributed by atoms with Crippen LogP contribution in [0, 0.1) is 6.92 Å². The molecule has 2 aromatic heterocycles. The first kappa shape index (κ1) is 11.8. The minimum absolute atomic E-state index is 0.180. The van der Waals surface area contributed by atoms with Crippen molar-refractivity contribution in [3.8, 4) is 0 Å². The van der Waals surface area contributed by atoms with Gasteiger partial charge >= 0.3 is 0 Å². The molecule has 0 aliphatic carbocycles. The molecular weight excluding hydrogens is 244 g/mol. The highest BCUT2D eigenvalue weighted by Gasteiger charge is 2.14. The summed E-state index contributed by atoms with van der Waals surface area (Å²) in [6.45, 7) is 1.89. The lowest BCUT2D eigenvalue weighted by atomic mass is 10.4. The first-order chi connectivity index (χ1) is 8.05. The van der Waals surface area contributed by atoms with E-state index in [4.69, 9.17) is 4.52 Å². The molecule has 0 fully saturated rings. The molecule has 17 heavy (non-hydrogen) atoms. The molecule has 7 nitrogen and oxygen atoms in total. The van der Waals surface area contributed by atoms with Crippen LogP contribution < -0.4 is 4.72 Å². The molecule has 0 saturated carbocycles. The Balaban J connectivity index is 1.95. The number of hydrogen-bond acceptors (Lipinski definition) is 5. The van der Waals surface area contributed by atoms with Crippen LogP contribution >= 0.6 is 0 Å². The molecule has 0 bridgehead atoms. The predicted octanol–water partition coefficient (Wildman–Crippen LogP) is 0.326. The maximum absolute atomic E-state index is 11.7. The Bertz CT molecular complexity index is 573. The molecule has 0 spiro atoms. The lowest BCUT2D eigenvalue weighted by Crippen LogP contribution is -2.25. The summed E-state index contributed by atoms with van der Waals surface area (Å²) in [5.41, 5.74) is 1.09. The molecule has 0 atom stereocenters. The van der Waals surface area contributed by atoms with Crippen molar-refractivity contribution in [3.63, 3.8) is 0 Å². The molecule has 0 unspecified atom stereocenters. The highest BCUT2D eigenvalue weighted by molar-refractivity contribution is 7.88. The van der Waals surface area contributed by atoms with Crippen LogP contribution in [0.15, 0.2) is 22.9 Å². The van der Waals surface area contributed by atoms with Crippen LogP contribution in [0.1, 0.15) is 17.1 Å². The minimum Gasteiger partial charge on any atom is -0.361 e. The predicted molar refractivity (Wildman–Crippen MR) is 59.3 cm³/mol. The smallest absolute Gasteiger partial charge is 0.217 e. The third-order valence-corrected chi connectivity index (χ3v) is 3.32. The number of nitrogens with zero attached hydrogens (tertiary/aromatic N) is 2. The van der Waals surface area contributed by atoms with Crippen molar-refractivity contribution in [2.45, 2.75) is 19.2 Å². The molecule has 8 heteroatoms. The summed E-state index contributed by atoms with van der Waals surface area (Å²) >= 11 is 0. The van der Waals surface area contributed by atoms with E-state index in [9.17, 15) is 8.42 Å². The van der Waals surface area contributed by atoms with Crippen LogP contribution in [-0.2, 0) is 22.3 Å². The standard InChI is InChI=1S/C9H12N4O3S/c1-7-4-9(13-16-7)6-17(14,15)11-5-8-2-3-10-12-8/h2-4,11H,5-6H2,1H3,(H,10,12). The van der Waals surface area contributed by atoms with Gasteiger partial charge in [0.2, 0.25) is 10.0 Å². The molecule has 0 aliphatic rings. The number of hydrogen-bond donors (Lipinski definition) is 2. The zero-order valence-electron chi connectivity index (χ0n) is 9.17. The van der Waals surface area contributed by atoms with E-state index >= 15 is 0 Å². The quantitative estimate of drug-likeness (QED) is 0.802. The van der Waals surface area contributed by atoms with E-state index in [-0.39, 0.29) is 12.3 Å². The van der Waals surface area contributed by atoms with Gasteiger partial charge in [-0.05, 0) is 13.0 Å². The summed E-state index contributed by atoms with van der Waals surface area (Å²) in [5, 5.41) is 10.0. The van der Waals surface area contributed by atoms with Crippen molar-refractivity contribution < 1.29 is 12.9 Å². The van der Waals surface area contributed by atoms with E-state index in [0.717, 1.165) is 0 Å². The van der Waals surface area contributed by atoms with Crippen LogP contribution in [0.3, 0.4) is 0 Å². The number of aryl methyl sites for hydroxylation is 1. The van der Waals surface area contributed by atoms with Crippen LogP contribution in [0.5, 0.6) is 0 Å². The number of aromatic nitrogens is 3. The monoisotopic (exact) mass is 256 g/mol. The number of nitrogens with one attached hydrogen (secondary N) is 2. The SMILES string of the molecule is Cc1cc(CS(=O)(=O)NCc2ccn[nH]2)no1. The van der Waals surface area contributed by atoms with Crippen molar-refractivity contribution in [3.05, 3.63) is 35.5 Å². The largest absolute Gasteiger partial charge is 0.361 e. The fourth-order valence-corrected chi connectivity index (χ4v) is 2.31. The molecule has 0 saturated heterocycles. The Morgan fingerprint density at radius 3 is 2.94 bits per heavy atom. The fraction of sp³-hybridized carbons (Fsp3) is 0.333. The highest BCUT2D eigenvalue weighted by Crippen LogP contribution is 2.06. The van der Waals surface area contributed by atoms with Crippen molar-refractivity contribution in [1.82, 2.24) is 20.1 Å². The van der Waals surface area contributed by atoms with Crippen molar-refractivity contribution in [2.75, 3.05) is 0 Å². The highest BCUT2D eigenvalue weighted by atomic mass is 32.2. The van der Waals surface area contributed by atoms with Gasteiger partial charge in [0.05, 0.1) is 12.2 Å². The Hall–Kier alpha value is -1.67. The first-order valence-corrected chi connectivity index (χ1v) is 6.58. The fourth-order valence-electron chi connectivity index (χ4n) is 1.30. The van der Waals surface area contributed by atoms with Gasteiger partial charge in [0.1, 0.15) is 17.2 Å². The molecule has 0 aliphatic heterocycles. The van der Waals surface area contributed by atoms with Crippen LogP contribution in [-0.4, -0.2) is 23.8 Å². The molecule has 92 valence electrons. The zero-order valence-corrected chi connectivity index (χ0v) is 9.99. The number of rotatable bonds is 5. The molecule has 0 amide bonds. The summed E-state index contributed by atoms with van der Waals surface area (Å²) in [7, 11) is -3.42. The lowest BCUT2D eigenvalue weighted by Gasteiger charge is -2.02. The Morgan fingerprint density at radius 1 is 1.53 bits per heavy atom. The van der Waals surface area contributed by atoms with E-state index in [1.165, 1.54) is 0 Å². The van der Waals surface area contributed by atoms with Crippen LogP contribution in [0.4, 0.5) is 0 Å². The van der Waals surface area contributed by atoms with Gasteiger partial charge in [0, 0.05) is 12.3 Å². The maximum Gasteiger partial charge on any atom is 0.217 e.